The lowest BCUT2D eigenvalue weighted by Crippen LogP contribution is -2.17. The first-order chi connectivity index (χ1) is 13.1. The Kier molecular flexibility index (Phi) is 4.92. The van der Waals surface area contributed by atoms with Crippen LogP contribution in [0.1, 0.15) is 43.5 Å². The maximum absolute atomic E-state index is 12.2. The van der Waals surface area contributed by atoms with Crippen LogP contribution in [0.15, 0.2) is 24.3 Å². The molecule has 2 saturated carbocycles. The predicted octanol–water partition coefficient (Wildman–Crippen LogP) is 3.38. The first-order valence-corrected chi connectivity index (χ1v) is 9.55. The lowest BCUT2D eigenvalue weighted by atomic mass is 9.86. The summed E-state index contributed by atoms with van der Waals surface area (Å²) < 4.78 is 5.41. The second-order valence-electron chi connectivity index (χ2n) is 7.67. The van der Waals surface area contributed by atoms with Crippen LogP contribution in [-0.4, -0.2) is 20.9 Å². The predicted molar refractivity (Wildman–Crippen MR) is 102 cm³/mol. The van der Waals surface area contributed by atoms with Crippen molar-refractivity contribution in [2.45, 2.75) is 45.6 Å². The largest absolute Gasteiger partial charge is 0.457 e. The Morgan fingerprint density at radius 2 is 2.07 bits per heavy atom. The number of carbonyl (C=O) groups excluding carboxylic acids is 1. The smallest absolute Gasteiger partial charge is 0.306 e. The lowest BCUT2D eigenvalue weighted by Gasteiger charge is -2.20. The van der Waals surface area contributed by atoms with E-state index in [1.807, 2.05) is 31.2 Å². The molecule has 3 atom stereocenters. The molecule has 0 aliphatic heterocycles. The van der Waals surface area contributed by atoms with Crippen LogP contribution in [0.2, 0.25) is 0 Å². The molecular formula is C20H25N5O2. The number of hydrogen-bond acceptors (Lipinski definition) is 7. The summed E-state index contributed by atoms with van der Waals surface area (Å²) >= 11 is 0. The SMILES string of the molecule is Cc1ccccc1Nc1nc(N)nc(COC(=O)C[C@H]2C[C@@H]3CC[C@@H]2C3)n1. The summed E-state index contributed by atoms with van der Waals surface area (Å²) in [4.78, 5) is 24.7. The number of ether oxygens (including phenoxy) is 1. The summed E-state index contributed by atoms with van der Waals surface area (Å²) in [6.45, 7) is 2.00. The van der Waals surface area contributed by atoms with Gasteiger partial charge in [-0.05, 0) is 55.6 Å². The minimum atomic E-state index is -0.181. The first kappa shape index (κ1) is 17.7. The van der Waals surface area contributed by atoms with Crippen LogP contribution in [0.3, 0.4) is 0 Å². The minimum Gasteiger partial charge on any atom is -0.457 e. The Bertz CT molecular complexity index is 841. The van der Waals surface area contributed by atoms with E-state index in [4.69, 9.17) is 10.5 Å². The Labute approximate surface area is 158 Å². The van der Waals surface area contributed by atoms with Gasteiger partial charge in [0, 0.05) is 12.1 Å². The van der Waals surface area contributed by atoms with E-state index in [1.165, 1.54) is 25.7 Å². The number of aromatic nitrogens is 3. The molecule has 4 rings (SSSR count). The zero-order valence-electron chi connectivity index (χ0n) is 15.5. The Hall–Kier alpha value is -2.70. The highest BCUT2D eigenvalue weighted by Crippen LogP contribution is 2.49. The van der Waals surface area contributed by atoms with Crippen LogP contribution in [0.5, 0.6) is 0 Å². The Morgan fingerprint density at radius 3 is 2.81 bits per heavy atom. The molecule has 2 aromatic rings. The highest BCUT2D eigenvalue weighted by Gasteiger charge is 2.40. The van der Waals surface area contributed by atoms with Crippen LogP contribution in [-0.2, 0) is 16.1 Å². The number of benzene rings is 1. The van der Waals surface area contributed by atoms with Crippen LogP contribution in [0, 0.1) is 24.7 Å². The van der Waals surface area contributed by atoms with Crippen LogP contribution >= 0.6 is 0 Å². The molecule has 2 fully saturated rings. The normalized spacial score (nSPS) is 23.4. The molecule has 2 bridgehead atoms. The van der Waals surface area contributed by atoms with Crippen molar-refractivity contribution < 1.29 is 9.53 Å². The zero-order valence-corrected chi connectivity index (χ0v) is 15.5. The summed E-state index contributed by atoms with van der Waals surface area (Å²) in [7, 11) is 0. The quantitative estimate of drug-likeness (QED) is 0.754. The van der Waals surface area contributed by atoms with Crippen molar-refractivity contribution in [2.24, 2.45) is 17.8 Å². The number of carbonyl (C=O) groups is 1. The Balaban J connectivity index is 1.35. The van der Waals surface area contributed by atoms with Gasteiger partial charge in [-0.1, -0.05) is 24.6 Å². The lowest BCUT2D eigenvalue weighted by molar-refractivity contribution is -0.146. The number of nitrogens with zero attached hydrogens (tertiary/aromatic N) is 3. The molecule has 1 aromatic carbocycles. The fourth-order valence-electron chi connectivity index (χ4n) is 4.44. The number of rotatable bonds is 6. The molecule has 27 heavy (non-hydrogen) atoms. The number of nitrogens with two attached hydrogens (primary N) is 1. The number of nitrogen functional groups attached to an aromatic ring is 1. The average Bonchev–Trinajstić information content (AvgIpc) is 3.25. The van der Waals surface area contributed by atoms with Gasteiger partial charge in [0.05, 0.1) is 0 Å². The summed E-state index contributed by atoms with van der Waals surface area (Å²) in [5.74, 6) is 2.63. The van der Waals surface area contributed by atoms with E-state index < -0.39 is 0 Å². The molecule has 142 valence electrons. The van der Waals surface area contributed by atoms with Gasteiger partial charge < -0.3 is 15.8 Å². The highest BCUT2D eigenvalue weighted by molar-refractivity contribution is 5.69. The fraction of sp³-hybridized carbons (Fsp3) is 0.500. The van der Waals surface area contributed by atoms with E-state index in [9.17, 15) is 4.79 Å². The van der Waals surface area contributed by atoms with Gasteiger partial charge in [0.15, 0.2) is 12.4 Å². The summed E-state index contributed by atoms with van der Waals surface area (Å²) in [6.07, 6.45) is 5.55. The third-order valence-electron chi connectivity index (χ3n) is 5.77. The minimum absolute atomic E-state index is 0.00875. The monoisotopic (exact) mass is 367 g/mol. The van der Waals surface area contributed by atoms with Crippen molar-refractivity contribution >= 4 is 23.6 Å². The number of nitrogens with one attached hydrogen (secondary N) is 1. The number of esters is 1. The van der Waals surface area contributed by atoms with Gasteiger partial charge in [-0.25, -0.2) is 0 Å². The van der Waals surface area contributed by atoms with Crippen molar-refractivity contribution in [1.82, 2.24) is 15.0 Å². The topological polar surface area (TPSA) is 103 Å². The van der Waals surface area contributed by atoms with Gasteiger partial charge >= 0.3 is 5.97 Å². The van der Waals surface area contributed by atoms with E-state index in [0.29, 0.717) is 30.0 Å². The van der Waals surface area contributed by atoms with Crippen LogP contribution in [0.25, 0.3) is 0 Å². The average molecular weight is 367 g/mol. The third kappa shape index (κ3) is 4.18. The standard InChI is InChI=1S/C20H25N5O2/c1-12-4-2-3-5-16(12)22-20-24-17(23-19(21)25-20)11-27-18(26)10-15-9-13-6-7-14(15)8-13/h2-5,13-15H,6-11H2,1H3,(H3,21,22,23,24,25)/t13-,14-,15-/m1/s1. The Morgan fingerprint density at radius 1 is 1.22 bits per heavy atom. The third-order valence-corrected chi connectivity index (χ3v) is 5.77. The summed E-state index contributed by atoms with van der Waals surface area (Å²) in [5.41, 5.74) is 7.74. The maximum Gasteiger partial charge on any atom is 0.306 e. The molecular weight excluding hydrogens is 342 g/mol. The van der Waals surface area contributed by atoms with E-state index in [1.54, 1.807) is 0 Å². The molecule has 2 aliphatic carbocycles. The molecule has 2 aliphatic rings. The molecule has 0 unspecified atom stereocenters. The van der Waals surface area contributed by atoms with Gasteiger partial charge in [0.2, 0.25) is 11.9 Å². The fourth-order valence-corrected chi connectivity index (χ4v) is 4.44. The molecule has 0 radical (unpaired) electrons. The zero-order chi connectivity index (χ0) is 18.8. The van der Waals surface area contributed by atoms with Gasteiger partial charge in [-0.15, -0.1) is 0 Å². The molecule has 7 heteroatoms. The number of aryl methyl sites for hydroxylation is 1. The molecule has 0 spiro atoms. The van der Waals surface area contributed by atoms with Gasteiger partial charge in [-0.2, -0.15) is 15.0 Å². The van der Waals surface area contributed by atoms with Crippen molar-refractivity contribution in [3.05, 3.63) is 35.7 Å². The van der Waals surface area contributed by atoms with Crippen molar-refractivity contribution in [1.29, 1.82) is 0 Å². The summed E-state index contributed by atoms with van der Waals surface area (Å²) in [6, 6.07) is 7.82. The molecule has 1 aromatic heterocycles. The van der Waals surface area contributed by atoms with Crippen LogP contribution in [0.4, 0.5) is 17.6 Å². The number of hydrogen-bond donors (Lipinski definition) is 2. The van der Waals surface area contributed by atoms with E-state index in [2.05, 4.69) is 20.3 Å². The molecule has 3 N–H and O–H groups in total. The second-order valence-corrected chi connectivity index (χ2v) is 7.67. The number of para-hydroxylation sites is 1. The maximum atomic E-state index is 12.2. The van der Waals surface area contributed by atoms with E-state index >= 15 is 0 Å². The first-order valence-electron chi connectivity index (χ1n) is 9.55. The van der Waals surface area contributed by atoms with Crippen LogP contribution < -0.4 is 11.1 Å². The van der Waals surface area contributed by atoms with E-state index in [-0.39, 0.29) is 18.5 Å². The molecule has 0 saturated heterocycles. The molecule has 7 nitrogen and oxygen atoms in total. The highest BCUT2D eigenvalue weighted by atomic mass is 16.5. The number of anilines is 3. The van der Waals surface area contributed by atoms with Crippen molar-refractivity contribution in [3.8, 4) is 0 Å². The van der Waals surface area contributed by atoms with Gasteiger partial charge in [0.1, 0.15) is 0 Å². The van der Waals surface area contributed by atoms with Crippen molar-refractivity contribution in [2.75, 3.05) is 11.1 Å². The van der Waals surface area contributed by atoms with E-state index in [0.717, 1.165) is 17.2 Å². The molecule has 1 heterocycles. The second kappa shape index (κ2) is 7.50. The number of fused-ring (bicyclic) bond motifs is 2. The van der Waals surface area contributed by atoms with Crippen molar-refractivity contribution in [3.63, 3.8) is 0 Å². The van der Waals surface area contributed by atoms with Gasteiger partial charge in [-0.3, -0.25) is 4.79 Å². The summed E-state index contributed by atoms with van der Waals surface area (Å²) in [5, 5.41) is 3.14. The van der Waals surface area contributed by atoms with Gasteiger partial charge in [0.25, 0.3) is 0 Å². The molecule has 0 amide bonds.